The minimum Gasteiger partial charge on any atom is -0.349 e. The van der Waals surface area contributed by atoms with Crippen LogP contribution >= 0.6 is 0 Å². The normalized spacial score (nSPS) is 10.4. The molecule has 0 unspecified atom stereocenters. The van der Waals surface area contributed by atoms with Crippen molar-refractivity contribution in [2.45, 2.75) is 6.54 Å². The number of imidazole rings is 1. The van der Waals surface area contributed by atoms with Crippen molar-refractivity contribution in [3.8, 4) is 11.5 Å². The van der Waals surface area contributed by atoms with E-state index in [-0.39, 0.29) is 17.2 Å². The van der Waals surface area contributed by atoms with E-state index in [9.17, 15) is 9.59 Å². The van der Waals surface area contributed by atoms with Crippen LogP contribution in [-0.2, 0) is 6.54 Å². The zero-order chi connectivity index (χ0) is 16.1. The van der Waals surface area contributed by atoms with Crippen LogP contribution in [0.25, 0.3) is 11.5 Å². The molecule has 116 valence electrons. The van der Waals surface area contributed by atoms with Crippen LogP contribution in [-0.4, -0.2) is 37.2 Å². The lowest BCUT2D eigenvalue weighted by Gasteiger charge is -2.08. The number of hydrogen-bond donors (Lipinski definition) is 2. The smallest absolute Gasteiger partial charge is 0.271 e. The number of nitrogens with one attached hydrogen (secondary N) is 2. The van der Waals surface area contributed by atoms with Gasteiger partial charge in [0.15, 0.2) is 5.82 Å². The Balaban J connectivity index is 1.61. The lowest BCUT2D eigenvalue weighted by atomic mass is 10.3. The van der Waals surface area contributed by atoms with E-state index in [1.165, 1.54) is 12.1 Å². The number of rotatable bonds is 5. The van der Waals surface area contributed by atoms with Gasteiger partial charge in [0, 0.05) is 37.7 Å². The molecule has 8 heteroatoms. The highest BCUT2D eigenvalue weighted by Gasteiger charge is 2.09. The monoisotopic (exact) mass is 310 g/mol. The van der Waals surface area contributed by atoms with Crippen LogP contribution in [0.3, 0.4) is 0 Å². The molecule has 0 atom stereocenters. The fourth-order valence-electron chi connectivity index (χ4n) is 2.07. The number of aromatic nitrogens is 5. The second-order valence-electron chi connectivity index (χ2n) is 4.72. The summed E-state index contributed by atoms with van der Waals surface area (Å²) < 4.78 is 1.91. The Bertz CT molecular complexity index is 835. The van der Waals surface area contributed by atoms with Gasteiger partial charge in [-0.2, -0.15) is 5.10 Å². The van der Waals surface area contributed by atoms with Gasteiger partial charge in [-0.25, -0.2) is 10.1 Å². The summed E-state index contributed by atoms with van der Waals surface area (Å²) in [5, 5.41) is 8.65. The van der Waals surface area contributed by atoms with E-state index in [1.54, 1.807) is 12.4 Å². The Kier molecular flexibility index (Phi) is 4.23. The summed E-state index contributed by atoms with van der Waals surface area (Å²) in [6, 6.07) is 8.25. The van der Waals surface area contributed by atoms with Gasteiger partial charge >= 0.3 is 0 Å². The largest absolute Gasteiger partial charge is 0.349 e. The fraction of sp³-hybridized carbons (Fsp3) is 0.133. The molecule has 0 spiro atoms. The second-order valence-corrected chi connectivity index (χ2v) is 4.72. The van der Waals surface area contributed by atoms with Gasteiger partial charge in [-0.3, -0.25) is 14.6 Å². The minimum absolute atomic E-state index is 0.167. The third kappa shape index (κ3) is 3.49. The van der Waals surface area contributed by atoms with E-state index in [2.05, 4.69) is 25.5 Å². The number of aromatic amines is 1. The number of amides is 1. The van der Waals surface area contributed by atoms with Crippen molar-refractivity contribution < 1.29 is 4.79 Å². The van der Waals surface area contributed by atoms with E-state index in [4.69, 9.17) is 0 Å². The van der Waals surface area contributed by atoms with Crippen molar-refractivity contribution >= 4 is 5.91 Å². The number of carbonyl (C=O) groups excluding carboxylic acids is 1. The van der Waals surface area contributed by atoms with Gasteiger partial charge in [-0.05, 0) is 18.2 Å². The second kappa shape index (κ2) is 6.65. The number of pyridine rings is 1. The van der Waals surface area contributed by atoms with Crippen LogP contribution in [0.2, 0.25) is 0 Å². The molecule has 0 aliphatic rings. The van der Waals surface area contributed by atoms with Crippen molar-refractivity contribution in [2.75, 3.05) is 6.54 Å². The first-order valence-corrected chi connectivity index (χ1v) is 7.00. The zero-order valence-electron chi connectivity index (χ0n) is 12.1. The van der Waals surface area contributed by atoms with Crippen LogP contribution in [0.15, 0.2) is 53.7 Å². The third-order valence-electron chi connectivity index (χ3n) is 3.16. The van der Waals surface area contributed by atoms with E-state index in [1.807, 2.05) is 29.0 Å². The highest BCUT2D eigenvalue weighted by Crippen LogP contribution is 2.13. The molecule has 3 heterocycles. The molecule has 0 saturated carbocycles. The number of H-pyrrole nitrogens is 1. The van der Waals surface area contributed by atoms with Crippen molar-refractivity contribution in [1.29, 1.82) is 0 Å². The molecule has 23 heavy (non-hydrogen) atoms. The van der Waals surface area contributed by atoms with Crippen LogP contribution in [0, 0.1) is 0 Å². The maximum atomic E-state index is 11.9. The van der Waals surface area contributed by atoms with Crippen LogP contribution in [0.1, 0.15) is 10.5 Å². The third-order valence-corrected chi connectivity index (χ3v) is 3.16. The molecule has 0 aromatic carbocycles. The van der Waals surface area contributed by atoms with Crippen LogP contribution in [0.5, 0.6) is 0 Å². The SMILES string of the molecule is O=C(NCCn1ccnc1-c1ccccn1)c1ccc(=O)[nH]n1. The summed E-state index contributed by atoms with van der Waals surface area (Å²) in [4.78, 5) is 31.4. The van der Waals surface area contributed by atoms with Crippen molar-refractivity contribution in [1.82, 2.24) is 30.0 Å². The number of nitrogens with zero attached hydrogens (tertiary/aromatic N) is 4. The van der Waals surface area contributed by atoms with Gasteiger partial charge in [-0.1, -0.05) is 6.07 Å². The lowest BCUT2D eigenvalue weighted by molar-refractivity contribution is 0.0946. The Morgan fingerprint density at radius 3 is 2.83 bits per heavy atom. The summed E-state index contributed by atoms with van der Waals surface area (Å²) in [6.07, 6.45) is 5.22. The van der Waals surface area contributed by atoms with E-state index in [0.717, 1.165) is 11.5 Å². The van der Waals surface area contributed by atoms with Crippen molar-refractivity contribution in [3.63, 3.8) is 0 Å². The summed E-state index contributed by atoms with van der Waals surface area (Å²) in [7, 11) is 0. The molecule has 2 N–H and O–H groups in total. The molecule has 0 bridgehead atoms. The summed E-state index contributed by atoms with van der Waals surface area (Å²) in [6.45, 7) is 0.941. The van der Waals surface area contributed by atoms with Crippen LogP contribution < -0.4 is 10.9 Å². The molecular formula is C15H14N6O2. The molecule has 3 rings (SSSR count). The Morgan fingerprint density at radius 2 is 2.09 bits per heavy atom. The molecule has 0 aliphatic heterocycles. The van der Waals surface area contributed by atoms with Crippen LogP contribution in [0.4, 0.5) is 0 Å². The van der Waals surface area contributed by atoms with Gasteiger partial charge in [0.2, 0.25) is 0 Å². The van der Waals surface area contributed by atoms with Gasteiger partial charge < -0.3 is 9.88 Å². The molecule has 3 aromatic rings. The van der Waals surface area contributed by atoms with Gasteiger partial charge in [0.25, 0.3) is 11.5 Å². The Morgan fingerprint density at radius 1 is 1.17 bits per heavy atom. The van der Waals surface area contributed by atoms with E-state index in [0.29, 0.717) is 13.1 Å². The summed E-state index contributed by atoms with van der Waals surface area (Å²) in [5.41, 5.74) is 0.589. The van der Waals surface area contributed by atoms with E-state index >= 15 is 0 Å². The maximum Gasteiger partial charge on any atom is 0.271 e. The molecule has 0 radical (unpaired) electrons. The first kappa shape index (κ1) is 14.6. The molecule has 8 nitrogen and oxygen atoms in total. The topological polar surface area (TPSA) is 106 Å². The molecular weight excluding hydrogens is 296 g/mol. The first-order valence-electron chi connectivity index (χ1n) is 7.00. The lowest BCUT2D eigenvalue weighted by Crippen LogP contribution is -2.29. The molecule has 0 aliphatic carbocycles. The van der Waals surface area contributed by atoms with Crippen molar-refractivity contribution in [2.24, 2.45) is 0 Å². The highest BCUT2D eigenvalue weighted by atomic mass is 16.2. The predicted molar refractivity (Wildman–Crippen MR) is 82.6 cm³/mol. The van der Waals surface area contributed by atoms with Gasteiger partial charge in [0.05, 0.1) is 0 Å². The predicted octanol–water partition coefficient (Wildman–Crippen LogP) is 0.458. The maximum absolute atomic E-state index is 11.9. The number of carbonyl (C=O) groups is 1. The summed E-state index contributed by atoms with van der Waals surface area (Å²) >= 11 is 0. The Labute approximate surface area is 131 Å². The van der Waals surface area contributed by atoms with Gasteiger partial charge in [-0.15, -0.1) is 0 Å². The fourth-order valence-corrected chi connectivity index (χ4v) is 2.07. The standard InChI is InChI=1S/C15H14N6O2/c22-13-5-4-12(19-20-13)15(23)18-8-10-21-9-7-17-14(21)11-3-1-2-6-16-11/h1-7,9H,8,10H2,(H,18,23)(H,20,22). The first-order chi connectivity index (χ1) is 11.2. The van der Waals surface area contributed by atoms with E-state index < -0.39 is 0 Å². The zero-order valence-corrected chi connectivity index (χ0v) is 12.1. The molecule has 3 aromatic heterocycles. The quantitative estimate of drug-likeness (QED) is 0.712. The number of hydrogen-bond acceptors (Lipinski definition) is 5. The minimum atomic E-state index is -0.347. The average Bonchev–Trinajstić information content (AvgIpc) is 3.05. The van der Waals surface area contributed by atoms with Gasteiger partial charge in [0.1, 0.15) is 11.4 Å². The Hall–Kier alpha value is -3.29. The van der Waals surface area contributed by atoms with Crippen molar-refractivity contribution in [3.05, 3.63) is 65.0 Å². The molecule has 0 fully saturated rings. The summed E-state index contributed by atoms with van der Waals surface area (Å²) in [5.74, 6) is 0.391. The average molecular weight is 310 g/mol. The molecule has 0 saturated heterocycles. The highest BCUT2D eigenvalue weighted by molar-refractivity contribution is 5.91. The molecule has 1 amide bonds.